The summed E-state index contributed by atoms with van der Waals surface area (Å²) in [5, 5.41) is 2.15. The number of imide groups is 2. The van der Waals surface area contributed by atoms with Crippen molar-refractivity contribution in [1.29, 1.82) is 0 Å². The van der Waals surface area contributed by atoms with E-state index in [9.17, 15) is 19.2 Å². The minimum atomic E-state index is -0.959. The zero-order chi connectivity index (χ0) is 21.1. The lowest BCUT2D eigenvalue weighted by molar-refractivity contribution is -0.136. The first kappa shape index (κ1) is 24.3. The van der Waals surface area contributed by atoms with Gasteiger partial charge in [-0.3, -0.25) is 29.4 Å². The summed E-state index contributed by atoms with van der Waals surface area (Å²) in [5.74, 6) is -1.84. The van der Waals surface area contributed by atoms with Gasteiger partial charge in [0.2, 0.25) is 11.8 Å². The third-order valence-corrected chi connectivity index (χ3v) is 3.65. The number of nitrogens with one attached hydrogen (secondary N) is 1. The molecule has 1 saturated heterocycles. The minimum absolute atomic E-state index is 0.0982. The summed E-state index contributed by atoms with van der Waals surface area (Å²) in [5.41, 5.74) is 0.374. The normalized spacial score (nSPS) is 17.3. The van der Waals surface area contributed by atoms with E-state index in [-0.39, 0.29) is 24.0 Å². The smallest absolute Gasteiger partial charge is 0.266 e. The van der Waals surface area contributed by atoms with Gasteiger partial charge in [0.25, 0.3) is 11.8 Å². The number of fused-ring (bicyclic) bond motifs is 1. The van der Waals surface area contributed by atoms with Gasteiger partial charge in [-0.25, -0.2) is 0 Å². The van der Waals surface area contributed by atoms with Gasteiger partial charge in [0.1, 0.15) is 11.8 Å². The summed E-state index contributed by atoms with van der Waals surface area (Å²) in [4.78, 5) is 48.8. The van der Waals surface area contributed by atoms with Gasteiger partial charge < -0.3 is 4.74 Å². The number of amides is 4. The van der Waals surface area contributed by atoms with Gasteiger partial charge in [-0.15, -0.1) is 0 Å². The molecule has 1 aromatic carbocycles. The molecule has 7 heteroatoms. The Hall–Kier alpha value is -2.70. The van der Waals surface area contributed by atoms with E-state index in [1.807, 2.05) is 41.5 Å². The van der Waals surface area contributed by atoms with E-state index in [4.69, 9.17) is 4.74 Å². The first-order chi connectivity index (χ1) is 13.0. The summed E-state index contributed by atoms with van der Waals surface area (Å²) < 4.78 is 5.10. The minimum Gasteiger partial charge on any atom is -0.496 e. The third kappa shape index (κ3) is 4.93. The highest BCUT2D eigenvalue weighted by Crippen LogP contribution is 2.33. The molecule has 1 N–H and O–H groups in total. The highest BCUT2D eigenvalue weighted by atomic mass is 16.5. The van der Waals surface area contributed by atoms with Crippen LogP contribution in [0.2, 0.25) is 0 Å². The number of nitrogens with zero attached hydrogens (tertiary/aromatic N) is 1. The maximum absolute atomic E-state index is 12.5. The highest BCUT2D eigenvalue weighted by Gasteiger charge is 2.45. The molecule has 2 heterocycles. The van der Waals surface area contributed by atoms with Crippen LogP contribution in [0.15, 0.2) is 18.2 Å². The Morgan fingerprint density at radius 2 is 1.56 bits per heavy atom. The summed E-state index contributed by atoms with van der Waals surface area (Å²) >= 11 is 0. The maximum atomic E-state index is 12.5. The molecule has 1 aromatic rings. The van der Waals surface area contributed by atoms with Crippen LogP contribution in [0.1, 0.15) is 75.1 Å². The van der Waals surface area contributed by atoms with Gasteiger partial charge in [-0.1, -0.05) is 47.6 Å². The van der Waals surface area contributed by atoms with Gasteiger partial charge in [0, 0.05) is 6.42 Å². The molecule has 0 radical (unpaired) electrons. The predicted molar refractivity (Wildman–Crippen MR) is 104 cm³/mol. The number of hydrogen-bond donors (Lipinski definition) is 1. The van der Waals surface area contributed by atoms with Crippen molar-refractivity contribution < 1.29 is 23.9 Å². The zero-order valence-corrected chi connectivity index (χ0v) is 17.2. The number of rotatable bonds is 2. The number of piperidine rings is 1. The molecule has 1 fully saturated rings. The Morgan fingerprint density at radius 1 is 0.963 bits per heavy atom. The number of carbonyl (C=O) groups is 4. The van der Waals surface area contributed by atoms with Gasteiger partial charge >= 0.3 is 0 Å². The number of benzene rings is 1. The van der Waals surface area contributed by atoms with Crippen LogP contribution >= 0.6 is 0 Å². The fourth-order valence-electron chi connectivity index (χ4n) is 2.65. The second-order valence-electron chi connectivity index (χ2n) is 4.83. The molecular weight excluding hydrogens is 348 g/mol. The summed E-state index contributed by atoms with van der Waals surface area (Å²) in [6.45, 7) is 12.0. The third-order valence-electron chi connectivity index (χ3n) is 3.65. The van der Waals surface area contributed by atoms with E-state index in [1.54, 1.807) is 12.1 Å². The maximum Gasteiger partial charge on any atom is 0.266 e. The molecule has 2 aliphatic heterocycles. The lowest BCUT2D eigenvalue weighted by atomic mass is 10.0. The van der Waals surface area contributed by atoms with E-state index in [2.05, 4.69) is 5.32 Å². The van der Waals surface area contributed by atoms with Crippen LogP contribution in [-0.2, 0) is 9.59 Å². The Morgan fingerprint density at radius 3 is 2.07 bits per heavy atom. The van der Waals surface area contributed by atoms with Crippen molar-refractivity contribution in [3.05, 3.63) is 29.3 Å². The van der Waals surface area contributed by atoms with Crippen LogP contribution < -0.4 is 10.1 Å². The van der Waals surface area contributed by atoms with Crippen LogP contribution in [0.5, 0.6) is 5.75 Å². The molecule has 0 spiro atoms. The van der Waals surface area contributed by atoms with Crippen molar-refractivity contribution in [1.82, 2.24) is 10.2 Å². The summed E-state index contributed by atoms with van der Waals surface area (Å²) in [6, 6.07) is 3.75. The van der Waals surface area contributed by atoms with E-state index in [0.29, 0.717) is 5.75 Å². The second kappa shape index (κ2) is 11.8. The molecule has 0 aliphatic carbocycles. The molecule has 1 unspecified atom stereocenters. The molecule has 7 nitrogen and oxygen atoms in total. The number of carbonyl (C=O) groups excluding carboxylic acids is 4. The average Bonchev–Trinajstić information content (AvgIpc) is 2.97. The molecule has 0 bridgehead atoms. The molecule has 2 aliphatic rings. The lowest BCUT2D eigenvalue weighted by Crippen LogP contribution is -2.54. The average molecular weight is 378 g/mol. The monoisotopic (exact) mass is 378 g/mol. The Bertz CT molecular complexity index is 685. The van der Waals surface area contributed by atoms with E-state index in [0.717, 1.165) is 4.90 Å². The first-order valence-corrected chi connectivity index (χ1v) is 9.43. The van der Waals surface area contributed by atoms with Crippen LogP contribution in [-0.4, -0.2) is 41.7 Å². The Labute approximate surface area is 161 Å². The van der Waals surface area contributed by atoms with Crippen molar-refractivity contribution in [3.63, 3.8) is 0 Å². The first-order valence-electron chi connectivity index (χ1n) is 9.43. The zero-order valence-electron chi connectivity index (χ0n) is 17.2. The fourth-order valence-corrected chi connectivity index (χ4v) is 2.65. The van der Waals surface area contributed by atoms with Crippen molar-refractivity contribution in [2.24, 2.45) is 0 Å². The van der Waals surface area contributed by atoms with Crippen molar-refractivity contribution in [2.45, 2.75) is 60.4 Å². The molecule has 4 amide bonds. The number of methoxy groups -OCH3 is 1. The predicted octanol–water partition coefficient (Wildman–Crippen LogP) is 3.18. The molecule has 150 valence electrons. The van der Waals surface area contributed by atoms with Gasteiger partial charge in [-0.2, -0.15) is 0 Å². The van der Waals surface area contributed by atoms with E-state index >= 15 is 0 Å². The topological polar surface area (TPSA) is 92.8 Å². The molecule has 3 rings (SSSR count). The number of hydrogen-bond acceptors (Lipinski definition) is 5. The van der Waals surface area contributed by atoms with Crippen molar-refractivity contribution >= 4 is 23.6 Å². The van der Waals surface area contributed by atoms with E-state index < -0.39 is 29.7 Å². The van der Waals surface area contributed by atoms with Crippen LogP contribution in [0.25, 0.3) is 0 Å². The molecule has 1 atom stereocenters. The number of ether oxygens (including phenoxy) is 1. The van der Waals surface area contributed by atoms with Crippen LogP contribution in [0.3, 0.4) is 0 Å². The quantitative estimate of drug-likeness (QED) is 0.798. The van der Waals surface area contributed by atoms with Crippen molar-refractivity contribution in [3.8, 4) is 5.75 Å². The standard InChI is InChI=1S/C14H12N2O5.3C2H6/c1-21-9-4-2-3-7-11(9)14(20)16(13(7)19)8-5-6-10(17)15-12(8)18;3*1-2/h2-4,8H,5-6H2,1H3,(H,15,17,18);3*1-2H3. The van der Waals surface area contributed by atoms with Crippen LogP contribution in [0.4, 0.5) is 0 Å². The molecule has 27 heavy (non-hydrogen) atoms. The largest absolute Gasteiger partial charge is 0.496 e. The fraction of sp³-hybridized carbons (Fsp3) is 0.500. The molecular formula is C20H30N2O5. The highest BCUT2D eigenvalue weighted by molar-refractivity contribution is 6.24. The summed E-state index contributed by atoms with van der Waals surface area (Å²) in [7, 11) is 1.40. The Kier molecular flexibility index (Phi) is 10.6. The van der Waals surface area contributed by atoms with Gasteiger partial charge in [0.15, 0.2) is 0 Å². The summed E-state index contributed by atoms with van der Waals surface area (Å²) in [6.07, 6.45) is 0.236. The van der Waals surface area contributed by atoms with Gasteiger partial charge in [-0.05, 0) is 18.6 Å². The lowest BCUT2D eigenvalue weighted by Gasteiger charge is -2.27. The van der Waals surface area contributed by atoms with E-state index in [1.165, 1.54) is 13.2 Å². The second-order valence-corrected chi connectivity index (χ2v) is 4.83. The van der Waals surface area contributed by atoms with Crippen LogP contribution in [0, 0.1) is 0 Å². The van der Waals surface area contributed by atoms with Gasteiger partial charge in [0.05, 0.1) is 18.2 Å². The molecule has 0 aromatic heterocycles. The molecule has 0 saturated carbocycles. The van der Waals surface area contributed by atoms with Crippen molar-refractivity contribution in [2.75, 3.05) is 7.11 Å². The SMILES string of the molecule is CC.CC.CC.COc1cccc2c1C(=O)N(C1CCC(=O)NC1=O)C2=O. The Balaban J connectivity index is 0.00000103.